The molecule has 1 fully saturated rings. The van der Waals surface area contributed by atoms with Crippen LogP contribution >= 0.6 is 12.4 Å². The third-order valence-corrected chi connectivity index (χ3v) is 3.36. The standard InChI is InChI=1S/C13H25N3O2.ClH/c1-10(2)4-5-12(17)15-9-13(18)16(3)11-6-7-14-8-11;/h10-11,14H,4-9H2,1-3H3,(H,15,17);1H. The van der Waals surface area contributed by atoms with Gasteiger partial charge in [-0.3, -0.25) is 9.59 Å². The van der Waals surface area contributed by atoms with E-state index in [-0.39, 0.29) is 36.8 Å². The summed E-state index contributed by atoms with van der Waals surface area (Å²) in [5.74, 6) is 0.468. The Bertz CT molecular complexity index is 292. The molecule has 1 heterocycles. The summed E-state index contributed by atoms with van der Waals surface area (Å²) in [5, 5.41) is 5.92. The van der Waals surface area contributed by atoms with Crippen LogP contribution in [0.5, 0.6) is 0 Å². The second-order valence-electron chi connectivity index (χ2n) is 5.36. The summed E-state index contributed by atoms with van der Waals surface area (Å²) < 4.78 is 0. The van der Waals surface area contributed by atoms with Crippen molar-refractivity contribution >= 4 is 24.2 Å². The first-order chi connectivity index (χ1) is 8.50. The highest BCUT2D eigenvalue weighted by Crippen LogP contribution is 2.06. The first-order valence-electron chi connectivity index (χ1n) is 6.73. The average Bonchev–Trinajstić information content (AvgIpc) is 2.86. The van der Waals surface area contributed by atoms with Crippen LogP contribution in [0.1, 0.15) is 33.1 Å². The van der Waals surface area contributed by atoms with Crippen LogP contribution < -0.4 is 10.6 Å². The summed E-state index contributed by atoms with van der Waals surface area (Å²) in [5.41, 5.74) is 0. The molecule has 1 atom stereocenters. The van der Waals surface area contributed by atoms with Crippen LogP contribution in [-0.4, -0.2) is 49.4 Å². The fourth-order valence-corrected chi connectivity index (χ4v) is 1.98. The molecule has 0 aliphatic carbocycles. The lowest BCUT2D eigenvalue weighted by Crippen LogP contribution is -2.44. The molecule has 1 aliphatic heterocycles. The number of hydrogen-bond donors (Lipinski definition) is 2. The predicted molar refractivity (Wildman–Crippen MR) is 78.4 cm³/mol. The molecule has 19 heavy (non-hydrogen) atoms. The fraction of sp³-hybridized carbons (Fsp3) is 0.846. The van der Waals surface area contributed by atoms with Gasteiger partial charge < -0.3 is 15.5 Å². The third kappa shape index (κ3) is 6.78. The van der Waals surface area contributed by atoms with E-state index < -0.39 is 0 Å². The van der Waals surface area contributed by atoms with E-state index in [2.05, 4.69) is 24.5 Å². The molecule has 5 nitrogen and oxygen atoms in total. The van der Waals surface area contributed by atoms with Gasteiger partial charge in [0.2, 0.25) is 11.8 Å². The Morgan fingerprint density at radius 3 is 2.63 bits per heavy atom. The van der Waals surface area contributed by atoms with Gasteiger partial charge in [0.05, 0.1) is 6.54 Å². The molecule has 1 saturated heterocycles. The van der Waals surface area contributed by atoms with E-state index in [1.807, 2.05) is 0 Å². The minimum Gasteiger partial charge on any atom is -0.347 e. The van der Waals surface area contributed by atoms with Crippen molar-refractivity contribution in [2.75, 3.05) is 26.7 Å². The molecule has 2 N–H and O–H groups in total. The maximum atomic E-state index is 11.9. The summed E-state index contributed by atoms with van der Waals surface area (Å²) in [6.07, 6.45) is 2.35. The SMILES string of the molecule is CC(C)CCC(=O)NCC(=O)N(C)C1CCNC1.Cl. The Morgan fingerprint density at radius 2 is 2.11 bits per heavy atom. The minimum absolute atomic E-state index is 0. The number of rotatable bonds is 6. The van der Waals surface area contributed by atoms with Gasteiger partial charge >= 0.3 is 0 Å². The topological polar surface area (TPSA) is 61.4 Å². The molecule has 6 heteroatoms. The maximum Gasteiger partial charge on any atom is 0.242 e. The monoisotopic (exact) mass is 291 g/mol. The van der Waals surface area contributed by atoms with Crippen molar-refractivity contribution in [3.05, 3.63) is 0 Å². The summed E-state index contributed by atoms with van der Waals surface area (Å²) >= 11 is 0. The fourth-order valence-electron chi connectivity index (χ4n) is 1.98. The van der Waals surface area contributed by atoms with E-state index in [0.717, 1.165) is 25.9 Å². The summed E-state index contributed by atoms with van der Waals surface area (Å²) in [4.78, 5) is 25.1. The number of likely N-dealkylation sites (N-methyl/N-ethyl adjacent to an activating group) is 1. The number of hydrogen-bond acceptors (Lipinski definition) is 3. The molecular formula is C13H26ClN3O2. The molecular weight excluding hydrogens is 266 g/mol. The van der Waals surface area contributed by atoms with Crippen LogP contribution in [0, 0.1) is 5.92 Å². The molecule has 0 spiro atoms. The van der Waals surface area contributed by atoms with Gasteiger partial charge in [0.15, 0.2) is 0 Å². The molecule has 0 saturated carbocycles. The quantitative estimate of drug-likeness (QED) is 0.760. The number of carbonyl (C=O) groups excluding carboxylic acids is 2. The van der Waals surface area contributed by atoms with Crippen LogP contribution in [0.2, 0.25) is 0 Å². The molecule has 0 aromatic carbocycles. The van der Waals surface area contributed by atoms with Gasteiger partial charge in [0, 0.05) is 26.1 Å². The van der Waals surface area contributed by atoms with Crippen molar-refractivity contribution in [1.29, 1.82) is 0 Å². The molecule has 112 valence electrons. The first kappa shape index (κ1) is 18.2. The number of halogens is 1. The number of nitrogens with one attached hydrogen (secondary N) is 2. The van der Waals surface area contributed by atoms with Crippen molar-refractivity contribution in [1.82, 2.24) is 15.5 Å². The average molecular weight is 292 g/mol. The normalized spacial score (nSPS) is 18.0. The smallest absolute Gasteiger partial charge is 0.242 e. The van der Waals surface area contributed by atoms with Crippen LogP contribution in [0.4, 0.5) is 0 Å². The lowest BCUT2D eigenvalue weighted by molar-refractivity contribution is -0.133. The summed E-state index contributed by atoms with van der Waals surface area (Å²) in [6.45, 7) is 6.09. The number of nitrogens with zero attached hydrogens (tertiary/aromatic N) is 1. The molecule has 0 aromatic rings. The lowest BCUT2D eigenvalue weighted by Gasteiger charge is -2.23. The van der Waals surface area contributed by atoms with E-state index in [1.165, 1.54) is 0 Å². The van der Waals surface area contributed by atoms with E-state index in [4.69, 9.17) is 0 Å². The van der Waals surface area contributed by atoms with Crippen molar-refractivity contribution < 1.29 is 9.59 Å². The molecule has 1 aliphatic rings. The van der Waals surface area contributed by atoms with E-state index in [9.17, 15) is 9.59 Å². The Kier molecular flexibility index (Phi) is 8.76. The van der Waals surface area contributed by atoms with Crippen LogP contribution in [0.3, 0.4) is 0 Å². The van der Waals surface area contributed by atoms with Crippen molar-refractivity contribution in [3.8, 4) is 0 Å². The highest BCUT2D eigenvalue weighted by Gasteiger charge is 2.22. The van der Waals surface area contributed by atoms with Gasteiger partial charge in [-0.25, -0.2) is 0 Å². The Labute approximate surface area is 121 Å². The zero-order valence-corrected chi connectivity index (χ0v) is 12.9. The first-order valence-corrected chi connectivity index (χ1v) is 6.73. The van der Waals surface area contributed by atoms with Gasteiger partial charge in [-0.15, -0.1) is 12.4 Å². The number of carbonyl (C=O) groups is 2. The Morgan fingerprint density at radius 1 is 1.42 bits per heavy atom. The van der Waals surface area contributed by atoms with Crippen molar-refractivity contribution in [2.24, 2.45) is 5.92 Å². The summed E-state index contributed by atoms with van der Waals surface area (Å²) in [7, 11) is 1.81. The van der Waals surface area contributed by atoms with Gasteiger partial charge in [0.25, 0.3) is 0 Å². The molecule has 1 unspecified atom stereocenters. The van der Waals surface area contributed by atoms with Gasteiger partial charge in [-0.05, 0) is 25.3 Å². The van der Waals surface area contributed by atoms with E-state index in [1.54, 1.807) is 11.9 Å². The van der Waals surface area contributed by atoms with Crippen molar-refractivity contribution in [3.63, 3.8) is 0 Å². The highest BCUT2D eigenvalue weighted by molar-refractivity contribution is 5.85. The predicted octanol–water partition coefficient (Wildman–Crippen LogP) is 0.781. The van der Waals surface area contributed by atoms with E-state index >= 15 is 0 Å². The second-order valence-corrected chi connectivity index (χ2v) is 5.36. The molecule has 2 amide bonds. The lowest BCUT2D eigenvalue weighted by atomic mass is 10.1. The molecule has 0 radical (unpaired) electrons. The van der Waals surface area contributed by atoms with Crippen molar-refractivity contribution in [2.45, 2.75) is 39.2 Å². The zero-order chi connectivity index (χ0) is 13.5. The Balaban J connectivity index is 0.00000324. The van der Waals surface area contributed by atoms with Crippen LogP contribution in [0.15, 0.2) is 0 Å². The molecule has 0 aromatic heterocycles. The van der Waals surface area contributed by atoms with Gasteiger partial charge in [0.1, 0.15) is 0 Å². The van der Waals surface area contributed by atoms with Gasteiger partial charge in [-0.1, -0.05) is 13.8 Å². The van der Waals surface area contributed by atoms with Crippen LogP contribution in [0.25, 0.3) is 0 Å². The number of amides is 2. The molecule has 0 bridgehead atoms. The summed E-state index contributed by atoms with van der Waals surface area (Å²) in [6, 6.07) is 0.269. The maximum absolute atomic E-state index is 11.9. The zero-order valence-electron chi connectivity index (χ0n) is 12.1. The molecule has 1 rings (SSSR count). The Hall–Kier alpha value is -0.810. The largest absolute Gasteiger partial charge is 0.347 e. The highest BCUT2D eigenvalue weighted by atomic mass is 35.5. The third-order valence-electron chi connectivity index (χ3n) is 3.36. The minimum atomic E-state index is -0.0324. The van der Waals surface area contributed by atoms with E-state index in [0.29, 0.717) is 12.3 Å². The van der Waals surface area contributed by atoms with Gasteiger partial charge in [-0.2, -0.15) is 0 Å². The second kappa shape index (κ2) is 9.15. The van der Waals surface area contributed by atoms with Crippen LogP contribution in [-0.2, 0) is 9.59 Å².